The van der Waals surface area contributed by atoms with E-state index in [2.05, 4.69) is 214 Å². The molecule has 0 heterocycles. The van der Waals surface area contributed by atoms with Crippen molar-refractivity contribution >= 4 is 65.9 Å². The number of hydrogen-bond donors (Lipinski definition) is 0. The Bertz CT molecular complexity index is 2840. The summed E-state index contributed by atoms with van der Waals surface area (Å²) in [6.07, 6.45) is -2.94. The minimum atomic E-state index is -6.20. The van der Waals surface area contributed by atoms with Gasteiger partial charge in [-0.3, -0.25) is 0 Å². The Morgan fingerprint density at radius 1 is 0.481 bits per heavy atom. The summed E-state index contributed by atoms with van der Waals surface area (Å²) in [7, 11) is -12.2. The van der Waals surface area contributed by atoms with Gasteiger partial charge in [-0.2, -0.15) is 26.3 Å². The lowest BCUT2D eigenvalue weighted by Crippen LogP contribution is -2.46. The average Bonchev–Trinajstić information content (AvgIpc) is 3.42. The monoisotopic (exact) mass is 1180 g/mol. The van der Waals surface area contributed by atoms with Gasteiger partial charge in [0, 0.05) is 11.1 Å². The van der Waals surface area contributed by atoms with Gasteiger partial charge in [0.2, 0.25) is 0 Å². The van der Waals surface area contributed by atoms with Gasteiger partial charge in [0.1, 0.15) is 0 Å². The van der Waals surface area contributed by atoms with E-state index < -0.39 is 92.9 Å². The fourth-order valence-corrected chi connectivity index (χ4v) is 10.4. The van der Waals surface area contributed by atoms with Crippen LogP contribution in [0.25, 0.3) is 0 Å². The van der Waals surface area contributed by atoms with E-state index in [1.54, 1.807) is 0 Å². The van der Waals surface area contributed by atoms with E-state index in [0.29, 0.717) is 0 Å². The molecule has 0 aliphatic carbocycles. The minimum absolute atomic E-state index is 0.0146. The van der Waals surface area contributed by atoms with Crippen LogP contribution < -0.4 is 0 Å². The number of rotatable bonds is 20. The molecule has 14 nitrogen and oxygen atoms in total. The molecule has 6 aromatic rings. The highest BCUT2D eigenvalue weighted by Gasteiger charge is 2.52. The quantitative estimate of drug-likeness (QED) is 0.0173. The smallest absolute Gasteiger partial charge is 0.381 e. The summed E-state index contributed by atoms with van der Waals surface area (Å²) >= 11 is 0. The SMILES string of the molecule is C=C(C)C(=O)OC(CC)C(F)(F)C(=O)OCC(F)(F)S(=O)(=O)[O-].C=C(C)C(=O)OCC(=O)OCC(F)(F)S(=O)(=O)[O-].c1ccc([S+](c2ccccc2)c2ccccc2)cc1.c1ccc([S+](c2ccccc2)c2ccccc2)cc1. The molecule has 0 saturated heterocycles. The van der Waals surface area contributed by atoms with Crippen LogP contribution in [0.2, 0.25) is 0 Å². The molecule has 6 rings (SSSR count). The lowest BCUT2D eigenvalue weighted by molar-refractivity contribution is -0.200. The van der Waals surface area contributed by atoms with Crippen molar-refractivity contribution in [2.24, 2.45) is 0 Å². The van der Waals surface area contributed by atoms with E-state index in [-0.39, 0.29) is 32.9 Å². The second-order valence-corrected chi connectivity index (χ2v) is 23.0. The van der Waals surface area contributed by atoms with Crippen molar-refractivity contribution in [1.82, 2.24) is 0 Å². The van der Waals surface area contributed by atoms with E-state index in [1.165, 1.54) is 36.3 Å². The van der Waals surface area contributed by atoms with Gasteiger partial charge in [-0.1, -0.05) is 129 Å². The highest BCUT2D eigenvalue weighted by atomic mass is 32.2. The third kappa shape index (κ3) is 21.2. The van der Waals surface area contributed by atoms with E-state index in [0.717, 1.165) is 13.8 Å². The van der Waals surface area contributed by atoms with Gasteiger partial charge < -0.3 is 28.1 Å². The van der Waals surface area contributed by atoms with Crippen molar-refractivity contribution in [2.45, 2.75) is 79.1 Å². The zero-order valence-corrected chi connectivity index (χ0v) is 45.5. The lowest BCUT2D eigenvalue weighted by Gasteiger charge is -2.25. The molecule has 0 aromatic heterocycles. The first-order valence-electron chi connectivity index (χ1n) is 22.9. The number of carbonyl (C=O) groups excluding carboxylic acids is 4. The number of alkyl halides is 6. The molecule has 0 bridgehead atoms. The molecule has 79 heavy (non-hydrogen) atoms. The highest BCUT2D eigenvalue weighted by Crippen LogP contribution is 2.33. The van der Waals surface area contributed by atoms with Gasteiger partial charge in [0.05, 0.1) is 21.8 Å². The standard InChI is InChI=1S/2C18H15S.C11H14F4O7S.C8H10F2O7S/c2*1-4-10-16(11-5-1)19(17-12-6-2-7-13-17)18-14-8-3-9-15-18;1-4-7(22-8(16)6(2)3)11(14,15)9(17)21-5-10(12,13)23(18,19)20;1-5(2)7(12)16-3-6(11)17-4-8(9,10)18(13,14)15/h2*1-15H;7H,2,4-5H2,1,3H3,(H,18,19,20);1,3-4H2,2H3,(H,13,14,15)/q2*+1;;/p-2. The summed E-state index contributed by atoms with van der Waals surface area (Å²) in [5, 5.41) is -9.81. The predicted molar refractivity (Wildman–Crippen MR) is 280 cm³/mol. The minimum Gasteiger partial charge on any atom is -0.743 e. The predicted octanol–water partition coefficient (Wildman–Crippen LogP) is 10.6. The summed E-state index contributed by atoms with van der Waals surface area (Å²) in [5.74, 6) is -10.7. The van der Waals surface area contributed by atoms with Gasteiger partial charge in [-0.25, -0.2) is 36.0 Å². The van der Waals surface area contributed by atoms with Crippen molar-refractivity contribution in [3.63, 3.8) is 0 Å². The first kappa shape index (κ1) is 66.1. The zero-order valence-electron chi connectivity index (χ0n) is 42.3. The van der Waals surface area contributed by atoms with Crippen molar-refractivity contribution < 1.29 is 90.4 Å². The summed E-state index contributed by atoms with van der Waals surface area (Å²) < 4.78 is 154. The van der Waals surface area contributed by atoms with Crippen molar-refractivity contribution in [3.05, 3.63) is 206 Å². The zero-order chi connectivity index (χ0) is 59.0. The number of benzene rings is 6. The highest BCUT2D eigenvalue weighted by molar-refractivity contribution is 7.97. The normalized spacial score (nSPS) is 11.9. The summed E-state index contributed by atoms with van der Waals surface area (Å²) in [4.78, 5) is 52.1. The van der Waals surface area contributed by atoms with Crippen molar-refractivity contribution in [2.75, 3.05) is 19.8 Å². The molecule has 422 valence electrons. The number of halogens is 6. The molecule has 24 heteroatoms. The second-order valence-electron chi connectivity index (χ2n) is 16.0. The summed E-state index contributed by atoms with van der Waals surface area (Å²) in [6, 6.07) is 64.3. The average molecular weight is 1180 g/mol. The molecule has 0 fully saturated rings. The molecule has 1 unspecified atom stereocenters. The van der Waals surface area contributed by atoms with Crippen molar-refractivity contribution in [1.29, 1.82) is 0 Å². The van der Waals surface area contributed by atoms with Crippen LogP contribution in [-0.4, -0.2) is 92.2 Å². The fraction of sp³-hybridized carbons (Fsp3) is 0.200. The molecule has 0 aliphatic heterocycles. The topological polar surface area (TPSA) is 220 Å². The maximum atomic E-state index is 13.7. The second kappa shape index (κ2) is 30.8. The van der Waals surface area contributed by atoms with Gasteiger partial charge in [0.15, 0.2) is 75.5 Å². The lowest BCUT2D eigenvalue weighted by atomic mass is 10.1. The van der Waals surface area contributed by atoms with E-state index in [4.69, 9.17) is 0 Å². The van der Waals surface area contributed by atoms with Crippen molar-refractivity contribution in [3.8, 4) is 0 Å². The number of carbonyl (C=O) groups is 4. The Morgan fingerprint density at radius 2 is 0.747 bits per heavy atom. The van der Waals surface area contributed by atoms with Crippen LogP contribution in [0.1, 0.15) is 27.2 Å². The van der Waals surface area contributed by atoms with Gasteiger partial charge in [-0.15, -0.1) is 0 Å². The molecule has 0 saturated carbocycles. The van der Waals surface area contributed by atoms with Crippen LogP contribution in [0.5, 0.6) is 0 Å². The van der Waals surface area contributed by atoms with Gasteiger partial charge in [-0.05, 0) is 93.1 Å². The molecule has 0 aliphatic rings. The molecule has 0 radical (unpaired) electrons. The molecule has 0 N–H and O–H groups in total. The maximum absolute atomic E-state index is 13.7. The van der Waals surface area contributed by atoms with Crippen LogP contribution in [0, 0.1) is 0 Å². The Kier molecular flexibility index (Phi) is 25.8. The van der Waals surface area contributed by atoms with E-state index in [1.807, 2.05) is 0 Å². The van der Waals surface area contributed by atoms with Crippen LogP contribution in [0.3, 0.4) is 0 Å². The number of esters is 4. The first-order chi connectivity index (χ1) is 37.0. The molecule has 0 amide bonds. The Hall–Kier alpha value is -7.22. The third-order valence-corrected chi connectivity index (χ3v) is 15.9. The fourth-order valence-electron chi connectivity index (χ4n) is 5.77. The molecule has 0 spiro atoms. The summed E-state index contributed by atoms with van der Waals surface area (Å²) in [5.41, 5.74) is -0.285. The molecular formula is C55H52F6O14S4. The van der Waals surface area contributed by atoms with Crippen LogP contribution in [0.4, 0.5) is 26.3 Å². The number of hydrogen-bond acceptors (Lipinski definition) is 14. The van der Waals surface area contributed by atoms with Gasteiger partial charge in [0.25, 0.3) is 0 Å². The Morgan fingerprint density at radius 3 is 0.987 bits per heavy atom. The van der Waals surface area contributed by atoms with Crippen LogP contribution in [-0.2, 0) is 80.2 Å². The van der Waals surface area contributed by atoms with E-state index in [9.17, 15) is 71.5 Å². The largest absolute Gasteiger partial charge is 0.743 e. The Labute approximate surface area is 459 Å². The Balaban J connectivity index is 0.000000278. The third-order valence-electron chi connectivity index (χ3n) is 9.69. The maximum Gasteiger partial charge on any atom is 0.381 e. The van der Waals surface area contributed by atoms with Gasteiger partial charge >= 0.3 is 40.3 Å². The molecule has 6 aromatic carbocycles. The molecule has 1 atom stereocenters. The van der Waals surface area contributed by atoms with E-state index >= 15 is 0 Å². The number of ether oxygens (including phenoxy) is 4. The van der Waals surface area contributed by atoms with Crippen LogP contribution >= 0.6 is 0 Å². The van der Waals surface area contributed by atoms with Crippen LogP contribution in [0.15, 0.2) is 236 Å². The summed E-state index contributed by atoms with van der Waals surface area (Å²) in [6.45, 7) is 4.51. The molecular weight excluding hydrogens is 1130 g/mol. The first-order valence-corrected chi connectivity index (χ1v) is 28.2.